The summed E-state index contributed by atoms with van der Waals surface area (Å²) in [6, 6.07) is 0. The Morgan fingerprint density at radius 3 is 2.70 bits per heavy atom. The van der Waals surface area contributed by atoms with Gasteiger partial charge in [-0.25, -0.2) is 0 Å². The lowest BCUT2D eigenvalue weighted by Crippen LogP contribution is -2.54. The highest BCUT2D eigenvalue weighted by molar-refractivity contribution is 5.88. The van der Waals surface area contributed by atoms with E-state index in [2.05, 4.69) is 12.7 Å². The number of methoxy groups -OCH3 is 1. The van der Waals surface area contributed by atoms with Gasteiger partial charge in [0, 0.05) is 35.7 Å². The number of carbonyl (C=O) groups is 1. The summed E-state index contributed by atoms with van der Waals surface area (Å²) in [5.74, 6) is -1.44. The summed E-state index contributed by atoms with van der Waals surface area (Å²) in [5.41, 5.74) is -0.00655. The maximum Gasteiger partial charge on any atom is 0.209 e. The Bertz CT molecular complexity index is 895. The molecular weight excluding hydrogens is 426 g/mol. The Labute approximate surface area is 194 Å². The number of ketones is 1. The third-order valence-corrected chi connectivity index (χ3v) is 8.38. The van der Waals surface area contributed by atoms with Crippen LogP contribution < -0.4 is 0 Å². The van der Waals surface area contributed by atoms with Crippen LogP contribution in [0.2, 0.25) is 0 Å². The van der Waals surface area contributed by atoms with Gasteiger partial charge in [-0.3, -0.25) is 14.9 Å². The SMILES string of the molecule is C=C1O[C@H]([C@@H](C)O)[C@H](C)/C=C(\C)[C@]23O[C@@H]4[C@H](C=C[C@@H]2C[C@@H]1OC)[C@H]3C(=O)C(C)[C@H]4C[N+](=O)[O-]. The van der Waals surface area contributed by atoms with E-state index < -0.39 is 47.8 Å². The highest BCUT2D eigenvalue weighted by Crippen LogP contribution is 2.60. The molecule has 8 heteroatoms. The highest BCUT2D eigenvalue weighted by Gasteiger charge is 2.68. The Hall–Kier alpha value is -2.03. The molecule has 0 amide bonds. The number of rotatable bonds is 4. The Balaban J connectivity index is 1.86. The van der Waals surface area contributed by atoms with Crippen LogP contribution in [-0.4, -0.2) is 59.5 Å². The van der Waals surface area contributed by atoms with Gasteiger partial charge in [0.1, 0.15) is 29.4 Å². The van der Waals surface area contributed by atoms with Crippen molar-refractivity contribution in [3.05, 3.63) is 46.3 Å². The first kappa shape index (κ1) is 24.1. The minimum atomic E-state index is -0.910. The molecule has 182 valence electrons. The summed E-state index contributed by atoms with van der Waals surface area (Å²) in [4.78, 5) is 24.8. The number of ether oxygens (including phenoxy) is 3. The van der Waals surface area contributed by atoms with Crippen LogP contribution in [0.5, 0.6) is 0 Å². The fourth-order valence-electron chi connectivity index (χ4n) is 6.77. The molecule has 1 unspecified atom stereocenters. The molecule has 2 fully saturated rings. The van der Waals surface area contributed by atoms with Crippen LogP contribution in [0.3, 0.4) is 0 Å². The minimum Gasteiger partial charge on any atom is -0.489 e. The number of hydrogen-bond acceptors (Lipinski definition) is 7. The Morgan fingerprint density at radius 1 is 1.39 bits per heavy atom. The molecule has 0 radical (unpaired) electrons. The monoisotopic (exact) mass is 461 g/mol. The number of Topliss-reactive ketones (excluding diaryl/α,β-unsaturated/α-hetero) is 1. The maximum absolute atomic E-state index is 13.7. The zero-order valence-corrected chi connectivity index (χ0v) is 20.0. The summed E-state index contributed by atoms with van der Waals surface area (Å²) < 4.78 is 18.6. The number of nitrogens with zero attached hydrogens (tertiary/aromatic N) is 1. The lowest BCUT2D eigenvalue weighted by molar-refractivity contribution is -0.492. The summed E-state index contributed by atoms with van der Waals surface area (Å²) in [6.07, 6.45) is 4.48. The molecule has 2 heterocycles. The first-order valence-electron chi connectivity index (χ1n) is 11.8. The van der Waals surface area contributed by atoms with E-state index in [-0.39, 0.29) is 35.0 Å². The van der Waals surface area contributed by atoms with Gasteiger partial charge in [0.15, 0.2) is 0 Å². The Kier molecular flexibility index (Phi) is 6.31. The number of aliphatic hydroxyl groups excluding tert-OH is 1. The molecule has 4 rings (SSSR count). The van der Waals surface area contributed by atoms with Gasteiger partial charge in [0.25, 0.3) is 0 Å². The van der Waals surface area contributed by atoms with Gasteiger partial charge in [0.2, 0.25) is 6.54 Å². The third kappa shape index (κ3) is 3.67. The third-order valence-electron chi connectivity index (χ3n) is 8.38. The Morgan fingerprint density at radius 2 is 2.09 bits per heavy atom. The maximum atomic E-state index is 13.7. The topological polar surface area (TPSA) is 108 Å². The number of carbonyl (C=O) groups excluding carboxylic acids is 1. The molecule has 2 aliphatic carbocycles. The van der Waals surface area contributed by atoms with Crippen LogP contribution in [0.15, 0.2) is 36.1 Å². The molecule has 1 saturated carbocycles. The van der Waals surface area contributed by atoms with Crippen molar-refractivity contribution < 1.29 is 29.0 Å². The average Bonchev–Trinajstić information content (AvgIpc) is 2.94. The van der Waals surface area contributed by atoms with Crippen molar-refractivity contribution >= 4 is 5.78 Å². The zero-order valence-electron chi connectivity index (χ0n) is 20.0. The largest absolute Gasteiger partial charge is 0.489 e. The van der Waals surface area contributed by atoms with Gasteiger partial charge in [0.05, 0.1) is 24.0 Å². The second kappa shape index (κ2) is 8.64. The van der Waals surface area contributed by atoms with Crippen LogP contribution in [-0.2, 0) is 19.0 Å². The molecule has 8 nitrogen and oxygen atoms in total. The van der Waals surface area contributed by atoms with E-state index in [9.17, 15) is 20.0 Å². The molecule has 1 spiro atoms. The van der Waals surface area contributed by atoms with Gasteiger partial charge in [-0.15, -0.1) is 0 Å². The van der Waals surface area contributed by atoms with Gasteiger partial charge in [-0.2, -0.15) is 0 Å². The van der Waals surface area contributed by atoms with Crippen molar-refractivity contribution in [3.63, 3.8) is 0 Å². The molecule has 0 aromatic heterocycles. The summed E-state index contributed by atoms with van der Waals surface area (Å²) in [5, 5.41) is 21.8. The fourth-order valence-corrected chi connectivity index (χ4v) is 6.77. The summed E-state index contributed by atoms with van der Waals surface area (Å²) in [7, 11) is 1.59. The van der Waals surface area contributed by atoms with Gasteiger partial charge in [-0.1, -0.05) is 38.7 Å². The second-order valence-electron chi connectivity index (χ2n) is 10.3. The predicted octanol–water partition coefficient (Wildman–Crippen LogP) is 2.93. The van der Waals surface area contributed by atoms with Crippen molar-refractivity contribution in [1.29, 1.82) is 0 Å². The second-order valence-corrected chi connectivity index (χ2v) is 10.3. The first-order valence-corrected chi connectivity index (χ1v) is 11.8. The minimum absolute atomic E-state index is 0.0310. The predicted molar refractivity (Wildman–Crippen MR) is 121 cm³/mol. The molecule has 4 bridgehead atoms. The van der Waals surface area contributed by atoms with Crippen molar-refractivity contribution in [2.75, 3.05) is 13.7 Å². The molecule has 1 N–H and O–H groups in total. The molecular formula is C25H35NO7. The molecule has 0 aromatic carbocycles. The van der Waals surface area contributed by atoms with Crippen LogP contribution in [0.1, 0.15) is 34.1 Å². The summed E-state index contributed by atoms with van der Waals surface area (Å²) in [6.45, 7) is 11.2. The van der Waals surface area contributed by atoms with Crippen molar-refractivity contribution in [2.45, 2.75) is 64.1 Å². The van der Waals surface area contributed by atoms with Crippen molar-refractivity contribution in [1.82, 2.24) is 0 Å². The zero-order chi connectivity index (χ0) is 24.2. The molecule has 33 heavy (non-hydrogen) atoms. The molecule has 11 atom stereocenters. The summed E-state index contributed by atoms with van der Waals surface area (Å²) >= 11 is 0. The lowest BCUT2D eigenvalue weighted by atomic mass is 9.56. The van der Waals surface area contributed by atoms with E-state index in [1.807, 2.05) is 26.0 Å². The van der Waals surface area contributed by atoms with Crippen molar-refractivity contribution in [2.24, 2.45) is 35.5 Å². The lowest BCUT2D eigenvalue weighted by Gasteiger charge is -2.46. The standard InChI is InChI=1S/C25H35NO7/c1-12-9-13(2)25-17(10-20(31-6)16(5)32-23(12)15(4)27)7-8-18-21(25)22(28)14(3)19(11-26(29)30)24(18)33-25/h7-9,12,14-15,17-21,23-24,27H,5,10-11H2,1-4,6H3/b13-9+/t12-,14?,15-,17-,18-,19-,20+,21+,23+,24-,25+/m1/s1. The quantitative estimate of drug-likeness (QED) is 0.390. The first-order chi connectivity index (χ1) is 15.5. The smallest absolute Gasteiger partial charge is 0.209 e. The number of aliphatic hydroxyl groups is 1. The van der Waals surface area contributed by atoms with Crippen LogP contribution in [0.4, 0.5) is 0 Å². The van der Waals surface area contributed by atoms with E-state index in [1.165, 1.54) is 0 Å². The van der Waals surface area contributed by atoms with Gasteiger partial charge >= 0.3 is 0 Å². The van der Waals surface area contributed by atoms with Crippen molar-refractivity contribution in [3.8, 4) is 0 Å². The van der Waals surface area contributed by atoms with E-state index in [0.29, 0.717) is 12.2 Å². The van der Waals surface area contributed by atoms with E-state index in [0.717, 1.165) is 5.57 Å². The molecule has 0 aromatic rings. The number of nitro groups is 1. The normalized spacial score (nSPS) is 47.2. The highest BCUT2D eigenvalue weighted by atomic mass is 16.6. The van der Waals surface area contributed by atoms with E-state index >= 15 is 0 Å². The van der Waals surface area contributed by atoms with Crippen LogP contribution >= 0.6 is 0 Å². The molecule has 1 saturated heterocycles. The van der Waals surface area contributed by atoms with E-state index in [4.69, 9.17) is 14.2 Å². The average molecular weight is 462 g/mol. The van der Waals surface area contributed by atoms with E-state index in [1.54, 1.807) is 21.0 Å². The number of hydrogen-bond donors (Lipinski definition) is 1. The molecule has 4 aliphatic rings. The van der Waals surface area contributed by atoms with Crippen LogP contribution in [0, 0.1) is 45.6 Å². The van der Waals surface area contributed by atoms with Gasteiger partial charge in [-0.05, 0) is 25.8 Å². The van der Waals surface area contributed by atoms with Crippen LogP contribution in [0.25, 0.3) is 0 Å². The molecule has 2 aliphatic heterocycles. The fraction of sp³-hybridized carbons (Fsp3) is 0.720. The van der Waals surface area contributed by atoms with Gasteiger partial charge < -0.3 is 19.3 Å².